The van der Waals surface area contributed by atoms with Gasteiger partial charge in [0.15, 0.2) is 0 Å². The van der Waals surface area contributed by atoms with E-state index >= 15 is 0 Å². The summed E-state index contributed by atoms with van der Waals surface area (Å²) in [6.07, 6.45) is 0. The minimum atomic E-state index is -3.63. The molecule has 0 fully saturated rings. The average molecular weight is 369 g/mol. The molecule has 0 aromatic heterocycles. The molecule has 6 nitrogen and oxygen atoms in total. The van der Waals surface area contributed by atoms with Crippen molar-refractivity contribution in [2.45, 2.75) is 0 Å². The second-order valence-electron chi connectivity index (χ2n) is 0.500. The molecule has 0 aliphatic carbocycles. The summed E-state index contributed by atoms with van der Waals surface area (Å²) in [5, 5.41) is 0. The number of hydrogen-bond acceptors (Lipinski definition) is 6. The third-order valence-corrected chi connectivity index (χ3v) is 0. The summed E-state index contributed by atoms with van der Waals surface area (Å²) in [6.45, 7) is 0. The van der Waals surface area contributed by atoms with Gasteiger partial charge < -0.3 is 28.7 Å². The van der Waals surface area contributed by atoms with Gasteiger partial charge in [-0.15, -0.1) is 0 Å². The summed E-state index contributed by atoms with van der Waals surface area (Å²) in [5.41, 5.74) is 0. The Kier molecular flexibility index (Phi) is 22.0. The molecule has 0 rings (SSSR count). The summed E-state index contributed by atoms with van der Waals surface area (Å²) in [5.74, 6) is 0. The van der Waals surface area contributed by atoms with E-state index in [0.717, 1.165) is 0 Å². The van der Waals surface area contributed by atoms with Crippen molar-refractivity contribution >= 4 is 42.7 Å². The molecule has 0 aromatic rings. The second kappa shape index (κ2) is 11.9. The molecule has 0 N–H and O–H groups in total. The largest absolute Gasteiger partial charge is 4.00 e. The Morgan fingerprint density at radius 1 is 0.778 bits per heavy atom. The zero-order chi connectivity index (χ0) is 7.15. The molecular weight excluding hydrogens is 367 g/mol. The van der Waals surface area contributed by atoms with E-state index in [4.69, 9.17) is 28.7 Å². The first-order valence-electron chi connectivity index (χ1n) is 1.22. The fourth-order valence-electron chi connectivity index (χ4n) is 0. The Hall–Kier alpha value is 1.18. The molecule has 0 bridgehead atoms. The number of rotatable bonds is 0. The van der Waals surface area contributed by atoms with E-state index in [0.29, 0.717) is 0 Å². The zero-order valence-corrected chi connectivity index (χ0v) is 9.37. The van der Waals surface area contributed by atoms with Crippen LogP contribution in [0.2, 0.25) is 0 Å². The van der Waals surface area contributed by atoms with E-state index in [2.05, 4.69) is 0 Å². The van der Waals surface area contributed by atoms with E-state index in [1.165, 1.54) is 0 Å². The maximum Gasteiger partial charge on any atom is 4.00 e. The maximum absolute atomic E-state index is 8.52. The van der Waals surface area contributed by atoms with Gasteiger partial charge in [-0.3, -0.25) is 0 Å². The van der Waals surface area contributed by atoms with E-state index in [1.807, 2.05) is 0 Å². The molecule has 0 saturated carbocycles. The Morgan fingerprint density at radius 3 is 0.778 bits per heavy atom. The van der Waals surface area contributed by atoms with Crippen molar-refractivity contribution < 1.29 is 28.7 Å². The average Bonchev–Trinajstić information content (AvgIpc) is 1.25. The van der Waals surface area contributed by atoms with E-state index in [-0.39, 0.29) is 26.2 Å². The molecule has 0 saturated heterocycles. The van der Waals surface area contributed by atoms with Gasteiger partial charge in [-0.2, -0.15) is 0 Å². The molecule has 0 atom stereocenters. The van der Waals surface area contributed by atoms with Crippen molar-refractivity contribution in [2.75, 3.05) is 0 Å². The van der Waals surface area contributed by atoms with Crippen LogP contribution in [-0.4, -0.2) is 26.2 Å². The van der Waals surface area contributed by atoms with Crippen LogP contribution in [0.1, 0.15) is 0 Å². The van der Waals surface area contributed by atoms with Crippen molar-refractivity contribution in [2.24, 2.45) is 0 Å². The monoisotopic (exact) mass is 369 g/mol. The minimum Gasteiger partial charge on any atom is -0.813 e. The normalized spacial score (nSPS) is 7.78. The fourth-order valence-corrected chi connectivity index (χ4v) is 0. The van der Waals surface area contributed by atoms with E-state index in [1.54, 1.807) is 0 Å². The molecule has 0 aliphatic heterocycles. The molecule has 0 heterocycles. The van der Waals surface area contributed by atoms with Gasteiger partial charge in [0.2, 0.25) is 0 Å². The summed E-state index contributed by atoms with van der Waals surface area (Å²) >= 11 is 0. The molecule has 9 heavy (non-hydrogen) atoms. The predicted molar refractivity (Wildman–Crippen MR) is 23.8 cm³/mol. The Bertz CT molecular complexity index is 69.1. The molecule has 0 spiro atoms. The standard InChI is InChI=1S/Bi.2H3O3P/c;2*1-4(2)3/h;2*4H,(H2,1,2,3)/q+4;;/p-4. The molecule has 0 amide bonds. The van der Waals surface area contributed by atoms with Gasteiger partial charge in [0.05, 0.1) is 0 Å². The van der Waals surface area contributed by atoms with Crippen LogP contribution in [0.3, 0.4) is 0 Å². The molecule has 0 aliphatic rings. The molecular formula is H2BiO6P2. The quantitative estimate of drug-likeness (QED) is 0.315. The molecule has 9 heteroatoms. The smallest absolute Gasteiger partial charge is 0.813 e. The van der Waals surface area contributed by atoms with Gasteiger partial charge in [-0.25, -0.2) is 0 Å². The van der Waals surface area contributed by atoms with Gasteiger partial charge in [-0.05, 0) is 0 Å². The van der Waals surface area contributed by atoms with Gasteiger partial charge >= 0.3 is 26.2 Å². The second-order valence-corrected chi connectivity index (χ2v) is 1.50. The van der Waals surface area contributed by atoms with Gasteiger partial charge in [-0.1, -0.05) is 16.5 Å². The Morgan fingerprint density at radius 2 is 0.778 bits per heavy atom. The van der Waals surface area contributed by atoms with Crippen molar-refractivity contribution in [1.29, 1.82) is 0 Å². The van der Waals surface area contributed by atoms with Crippen LogP contribution in [0.5, 0.6) is 0 Å². The molecule has 0 aromatic carbocycles. The first-order valence-corrected chi connectivity index (χ1v) is 3.67. The summed E-state index contributed by atoms with van der Waals surface area (Å²) < 4.78 is 17.0. The van der Waals surface area contributed by atoms with Crippen LogP contribution in [-0.2, 0) is 9.13 Å². The van der Waals surface area contributed by atoms with Gasteiger partial charge in [0.25, 0.3) is 0 Å². The number of hydrogen-bond donors (Lipinski definition) is 0. The molecule has 0 unspecified atom stereocenters. The zero-order valence-electron chi connectivity index (χ0n) is 3.90. The molecule has 1 radical (unpaired) electrons. The van der Waals surface area contributed by atoms with Crippen molar-refractivity contribution in [3.63, 3.8) is 0 Å². The summed E-state index contributed by atoms with van der Waals surface area (Å²) in [6, 6.07) is 0. The van der Waals surface area contributed by atoms with E-state index in [9.17, 15) is 0 Å². The van der Waals surface area contributed by atoms with Crippen LogP contribution >= 0.6 is 16.5 Å². The van der Waals surface area contributed by atoms with Crippen LogP contribution in [0.4, 0.5) is 0 Å². The van der Waals surface area contributed by atoms with Crippen LogP contribution < -0.4 is 19.6 Å². The third-order valence-electron chi connectivity index (χ3n) is 0. The van der Waals surface area contributed by atoms with Crippen LogP contribution in [0, 0.1) is 0 Å². The first-order chi connectivity index (χ1) is 3.46. The van der Waals surface area contributed by atoms with Crippen molar-refractivity contribution in [1.82, 2.24) is 0 Å². The Balaban J connectivity index is -0.0000000720. The Labute approximate surface area is 71.6 Å². The summed E-state index contributed by atoms with van der Waals surface area (Å²) in [7, 11) is -7.26. The SMILES string of the molecule is O=[PH]([O-])[O-].O=[PH]([O-])[O-].[Bi+4]. The predicted octanol–water partition coefficient (Wildman–Crippen LogP) is -4.19. The van der Waals surface area contributed by atoms with Crippen LogP contribution in [0.25, 0.3) is 0 Å². The third kappa shape index (κ3) is 339. The first kappa shape index (κ1) is 16.6. The summed E-state index contributed by atoms with van der Waals surface area (Å²) in [4.78, 5) is 34.1. The van der Waals surface area contributed by atoms with Crippen molar-refractivity contribution in [3.05, 3.63) is 0 Å². The van der Waals surface area contributed by atoms with Gasteiger partial charge in [0, 0.05) is 0 Å². The van der Waals surface area contributed by atoms with Crippen molar-refractivity contribution in [3.8, 4) is 0 Å². The van der Waals surface area contributed by atoms with Gasteiger partial charge in [0.1, 0.15) is 0 Å². The maximum atomic E-state index is 8.52. The minimum absolute atomic E-state index is 0. The molecule has 53 valence electrons. The van der Waals surface area contributed by atoms with E-state index < -0.39 is 16.5 Å². The van der Waals surface area contributed by atoms with Crippen LogP contribution in [0.15, 0.2) is 0 Å². The fraction of sp³-hybridized carbons (Fsp3) is 0. The topological polar surface area (TPSA) is 126 Å².